The fraction of sp³-hybridized carbons (Fsp3) is 0.375. The summed E-state index contributed by atoms with van der Waals surface area (Å²) in [7, 11) is 0. The number of Topliss-reactive ketones (excluding diaryl/α,β-unsaturated/α-hetero) is 1. The van der Waals surface area contributed by atoms with Crippen molar-refractivity contribution in [3.8, 4) is 5.75 Å². The van der Waals surface area contributed by atoms with Gasteiger partial charge in [-0.05, 0) is 67.6 Å². The monoisotopic (exact) mass is 411 g/mol. The Bertz CT molecular complexity index is 843. The standard InChI is InChI=1S/C24H29NO5/c1-4-17(2)19-7-11-21(12-8-19)25-23(27)16-30-24(28)6-5-15-29-22-13-9-20(10-14-22)18(3)26/h7-14,17H,4-6,15-16H2,1-3H3,(H,25,27)/t17-/m0/s1. The van der Waals surface area contributed by atoms with Gasteiger partial charge in [-0.3, -0.25) is 14.4 Å². The third kappa shape index (κ3) is 7.70. The molecule has 30 heavy (non-hydrogen) atoms. The Morgan fingerprint density at radius 3 is 2.27 bits per heavy atom. The van der Waals surface area contributed by atoms with Crippen LogP contribution in [0.5, 0.6) is 5.75 Å². The van der Waals surface area contributed by atoms with E-state index in [9.17, 15) is 14.4 Å². The van der Waals surface area contributed by atoms with E-state index in [0.717, 1.165) is 6.42 Å². The molecular formula is C24H29NO5. The quantitative estimate of drug-likeness (QED) is 0.328. The number of carbonyl (C=O) groups is 3. The lowest BCUT2D eigenvalue weighted by atomic mass is 9.99. The van der Waals surface area contributed by atoms with Crippen molar-refractivity contribution >= 4 is 23.3 Å². The topological polar surface area (TPSA) is 81.7 Å². The van der Waals surface area contributed by atoms with Gasteiger partial charge in [0.05, 0.1) is 6.61 Å². The number of anilines is 1. The molecule has 0 aliphatic heterocycles. The van der Waals surface area contributed by atoms with Crippen molar-refractivity contribution in [2.24, 2.45) is 0 Å². The van der Waals surface area contributed by atoms with Gasteiger partial charge in [0.1, 0.15) is 5.75 Å². The highest BCUT2D eigenvalue weighted by molar-refractivity contribution is 5.94. The summed E-state index contributed by atoms with van der Waals surface area (Å²) in [5.41, 5.74) is 2.52. The van der Waals surface area contributed by atoms with Gasteiger partial charge in [0.15, 0.2) is 12.4 Å². The lowest BCUT2D eigenvalue weighted by Crippen LogP contribution is -2.21. The molecular weight excluding hydrogens is 382 g/mol. The zero-order chi connectivity index (χ0) is 21.9. The van der Waals surface area contributed by atoms with E-state index in [1.54, 1.807) is 24.3 Å². The molecule has 0 bridgehead atoms. The number of ether oxygens (including phenoxy) is 2. The number of amides is 1. The van der Waals surface area contributed by atoms with Gasteiger partial charge in [-0.15, -0.1) is 0 Å². The molecule has 0 spiro atoms. The Morgan fingerprint density at radius 1 is 1.00 bits per heavy atom. The summed E-state index contributed by atoms with van der Waals surface area (Å²) >= 11 is 0. The van der Waals surface area contributed by atoms with Gasteiger partial charge in [0, 0.05) is 17.7 Å². The average Bonchev–Trinajstić information content (AvgIpc) is 2.75. The second kappa shape index (κ2) is 11.8. The molecule has 0 aliphatic carbocycles. The molecule has 0 aliphatic rings. The second-order valence-electron chi connectivity index (χ2n) is 7.17. The van der Waals surface area contributed by atoms with E-state index in [1.807, 2.05) is 24.3 Å². The summed E-state index contributed by atoms with van der Waals surface area (Å²) in [4.78, 5) is 35.0. The third-order valence-corrected chi connectivity index (χ3v) is 4.79. The van der Waals surface area contributed by atoms with E-state index in [0.29, 0.717) is 35.9 Å². The van der Waals surface area contributed by atoms with Crippen molar-refractivity contribution in [2.75, 3.05) is 18.5 Å². The summed E-state index contributed by atoms with van der Waals surface area (Å²) in [5.74, 6) is 0.275. The molecule has 0 radical (unpaired) electrons. The highest BCUT2D eigenvalue weighted by Gasteiger charge is 2.09. The highest BCUT2D eigenvalue weighted by atomic mass is 16.5. The predicted molar refractivity (Wildman–Crippen MR) is 116 cm³/mol. The maximum absolute atomic E-state index is 11.9. The van der Waals surface area contributed by atoms with Crippen LogP contribution in [0.2, 0.25) is 0 Å². The second-order valence-corrected chi connectivity index (χ2v) is 7.17. The maximum Gasteiger partial charge on any atom is 0.306 e. The van der Waals surface area contributed by atoms with Crippen LogP contribution < -0.4 is 10.1 Å². The minimum Gasteiger partial charge on any atom is -0.494 e. The molecule has 0 heterocycles. The smallest absolute Gasteiger partial charge is 0.306 e. The number of carbonyl (C=O) groups excluding carboxylic acids is 3. The van der Waals surface area contributed by atoms with Gasteiger partial charge in [0.2, 0.25) is 0 Å². The summed E-state index contributed by atoms with van der Waals surface area (Å²) in [6, 6.07) is 14.5. The Balaban J connectivity index is 1.63. The largest absolute Gasteiger partial charge is 0.494 e. The van der Waals surface area contributed by atoms with E-state index >= 15 is 0 Å². The van der Waals surface area contributed by atoms with E-state index in [-0.39, 0.29) is 24.7 Å². The Kier molecular flexibility index (Phi) is 9.06. The van der Waals surface area contributed by atoms with E-state index in [2.05, 4.69) is 19.2 Å². The maximum atomic E-state index is 11.9. The van der Waals surface area contributed by atoms with Gasteiger partial charge >= 0.3 is 5.97 Å². The van der Waals surface area contributed by atoms with Crippen LogP contribution in [0.4, 0.5) is 5.69 Å². The zero-order valence-corrected chi connectivity index (χ0v) is 17.8. The molecule has 0 fully saturated rings. The number of hydrogen-bond donors (Lipinski definition) is 1. The summed E-state index contributed by atoms with van der Waals surface area (Å²) in [6.45, 7) is 5.81. The number of nitrogens with one attached hydrogen (secondary N) is 1. The van der Waals surface area contributed by atoms with Crippen molar-refractivity contribution in [2.45, 2.75) is 46.0 Å². The SMILES string of the molecule is CC[C@H](C)c1ccc(NC(=O)COC(=O)CCCOc2ccc(C(C)=O)cc2)cc1. The first-order valence-electron chi connectivity index (χ1n) is 10.2. The van der Waals surface area contributed by atoms with Gasteiger partial charge in [-0.25, -0.2) is 0 Å². The minimum atomic E-state index is -0.451. The number of rotatable bonds is 11. The van der Waals surface area contributed by atoms with Crippen LogP contribution in [-0.2, 0) is 14.3 Å². The molecule has 0 aromatic heterocycles. The molecule has 0 saturated carbocycles. The normalized spacial score (nSPS) is 11.4. The highest BCUT2D eigenvalue weighted by Crippen LogP contribution is 2.20. The number of benzene rings is 2. The van der Waals surface area contributed by atoms with Crippen molar-refractivity contribution in [1.29, 1.82) is 0 Å². The minimum absolute atomic E-state index is 0.00330. The Hall–Kier alpha value is -3.15. The zero-order valence-electron chi connectivity index (χ0n) is 17.8. The van der Waals surface area contributed by atoms with Crippen molar-refractivity contribution in [3.05, 3.63) is 59.7 Å². The molecule has 6 heteroatoms. The molecule has 6 nitrogen and oxygen atoms in total. The molecule has 2 aromatic rings. The fourth-order valence-corrected chi connectivity index (χ4v) is 2.74. The van der Waals surface area contributed by atoms with Crippen LogP contribution in [0.1, 0.15) is 61.9 Å². The Morgan fingerprint density at radius 2 is 1.67 bits per heavy atom. The van der Waals surface area contributed by atoms with Crippen molar-refractivity contribution < 1.29 is 23.9 Å². The van der Waals surface area contributed by atoms with Gasteiger partial charge in [0.25, 0.3) is 5.91 Å². The average molecular weight is 411 g/mol. The van der Waals surface area contributed by atoms with Crippen LogP contribution in [-0.4, -0.2) is 30.9 Å². The lowest BCUT2D eigenvalue weighted by molar-refractivity contribution is -0.147. The molecule has 0 unspecified atom stereocenters. The first-order valence-corrected chi connectivity index (χ1v) is 10.2. The fourth-order valence-electron chi connectivity index (χ4n) is 2.74. The lowest BCUT2D eigenvalue weighted by Gasteiger charge is -2.11. The van der Waals surface area contributed by atoms with Gasteiger partial charge in [-0.2, -0.15) is 0 Å². The van der Waals surface area contributed by atoms with Crippen LogP contribution in [0.15, 0.2) is 48.5 Å². The third-order valence-electron chi connectivity index (χ3n) is 4.79. The molecule has 160 valence electrons. The molecule has 1 atom stereocenters. The van der Waals surface area contributed by atoms with Crippen LogP contribution in [0.25, 0.3) is 0 Å². The van der Waals surface area contributed by atoms with Gasteiger partial charge < -0.3 is 14.8 Å². The van der Waals surface area contributed by atoms with Crippen LogP contribution in [0.3, 0.4) is 0 Å². The van der Waals surface area contributed by atoms with E-state index < -0.39 is 5.97 Å². The number of hydrogen-bond acceptors (Lipinski definition) is 5. The Labute approximate surface area is 177 Å². The molecule has 1 amide bonds. The molecule has 0 saturated heterocycles. The number of ketones is 1. The van der Waals surface area contributed by atoms with Crippen molar-refractivity contribution in [1.82, 2.24) is 0 Å². The van der Waals surface area contributed by atoms with Crippen LogP contribution in [0, 0.1) is 0 Å². The summed E-state index contributed by atoms with van der Waals surface area (Å²) < 4.78 is 10.5. The van der Waals surface area contributed by atoms with E-state index in [4.69, 9.17) is 9.47 Å². The predicted octanol–water partition coefficient (Wildman–Crippen LogP) is 4.74. The molecule has 2 aromatic carbocycles. The van der Waals surface area contributed by atoms with Gasteiger partial charge in [-0.1, -0.05) is 26.0 Å². The van der Waals surface area contributed by atoms with Crippen molar-refractivity contribution in [3.63, 3.8) is 0 Å². The first-order chi connectivity index (χ1) is 14.4. The molecule has 2 rings (SSSR count). The molecule has 1 N–H and O–H groups in total. The van der Waals surface area contributed by atoms with E-state index in [1.165, 1.54) is 12.5 Å². The first kappa shape index (κ1) is 23.1. The summed E-state index contributed by atoms with van der Waals surface area (Å²) in [6.07, 6.45) is 1.67. The number of esters is 1. The summed E-state index contributed by atoms with van der Waals surface area (Å²) in [5, 5.41) is 2.72. The van der Waals surface area contributed by atoms with Crippen LogP contribution >= 0.6 is 0 Å².